The van der Waals surface area contributed by atoms with Crippen LogP contribution in [0.5, 0.6) is 0 Å². The molecule has 7 heteroatoms. The van der Waals surface area contributed by atoms with E-state index in [2.05, 4.69) is 29.4 Å². The van der Waals surface area contributed by atoms with Crippen molar-refractivity contribution in [3.05, 3.63) is 35.7 Å². The van der Waals surface area contributed by atoms with Crippen LogP contribution >= 0.6 is 12.4 Å². The Morgan fingerprint density at radius 2 is 2.05 bits per heavy atom. The first-order valence-corrected chi connectivity index (χ1v) is 6.56. The summed E-state index contributed by atoms with van der Waals surface area (Å²) in [6, 6.07) is 2.30. The van der Waals surface area contributed by atoms with Gasteiger partial charge in [0.15, 0.2) is 0 Å². The standard InChI is InChI=1S/C13H20FN5.ClH/c1-4-18-13(14)11(8-17-18)7-15-9-12-5-6-16-19(12)10(2)3;/h5-6,8,10,15H,4,7,9H2,1-3H3;1H. The maximum atomic E-state index is 13.7. The Bertz CT molecular complexity index is 535. The van der Waals surface area contributed by atoms with E-state index in [9.17, 15) is 4.39 Å². The van der Waals surface area contributed by atoms with Gasteiger partial charge in [-0.2, -0.15) is 14.6 Å². The minimum absolute atomic E-state index is 0. The summed E-state index contributed by atoms with van der Waals surface area (Å²) in [6.45, 7) is 7.72. The minimum Gasteiger partial charge on any atom is -0.307 e. The second-order valence-corrected chi connectivity index (χ2v) is 4.74. The highest BCUT2D eigenvalue weighted by atomic mass is 35.5. The molecule has 0 saturated carbocycles. The lowest BCUT2D eigenvalue weighted by Crippen LogP contribution is -2.18. The molecule has 1 N–H and O–H groups in total. The fourth-order valence-corrected chi connectivity index (χ4v) is 2.02. The Hall–Kier alpha value is -1.40. The van der Waals surface area contributed by atoms with Crippen LogP contribution in [0.2, 0.25) is 0 Å². The summed E-state index contributed by atoms with van der Waals surface area (Å²) in [5.74, 6) is -0.257. The van der Waals surface area contributed by atoms with Crippen molar-refractivity contribution >= 4 is 12.4 Å². The second kappa shape index (κ2) is 7.40. The molecule has 0 aliphatic carbocycles. The Balaban J connectivity index is 0.00000200. The van der Waals surface area contributed by atoms with E-state index in [1.54, 1.807) is 12.4 Å². The molecule has 20 heavy (non-hydrogen) atoms. The SMILES string of the molecule is CCn1ncc(CNCc2ccnn2C(C)C)c1F.Cl. The number of hydrogen-bond donors (Lipinski definition) is 1. The van der Waals surface area contributed by atoms with Crippen molar-refractivity contribution in [1.29, 1.82) is 0 Å². The van der Waals surface area contributed by atoms with Gasteiger partial charge < -0.3 is 5.32 Å². The van der Waals surface area contributed by atoms with Crippen molar-refractivity contribution in [2.24, 2.45) is 0 Å². The van der Waals surface area contributed by atoms with Gasteiger partial charge in [0.05, 0.1) is 11.9 Å². The van der Waals surface area contributed by atoms with Crippen LogP contribution in [0.15, 0.2) is 18.5 Å². The summed E-state index contributed by atoms with van der Waals surface area (Å²) in [5.41, 5.74) is 1.69. The monoisotopic (exact) mass is 301 g/mol. The fourth-order valence-electron chi connectivity index (χ4n) is 2.02. The van der Waals surface area contributed by atoms with Gasteiger partial charge in [-0.3, -0.25) is 4.68 Å². The minimum atomic E-state index is -0.257. The molecule has 0 spiro atoms. The summed E-state index contributed by atoms with van der Waals surface area (Å²) >= 11 is 0. The van der Waals surface area contributed by atoms with Gasteiger partial charge in [0.2, 0.25) is 5.95 Å². The molecule has 0 aliphatic heterocycles. The predicted molar refractivity (Wildman–Crippen MR) is 78.3 cm³/mol. The first-order valence-electron chi connectivity index (χ1n) is 6.56. The van der Waals surface area contributed by atoms with E-state index in [4.69, 9.17) is 0 Å². The molecular weight excluding hydrogens is 281 g/mol. The zero-order valence-corrected chi connectivity index (χ0v) is 12.8. The van der Waals surface area contributed by atoms with Crippen LogP contribution in [0, 0.1) is 5.95 Å². The highest BCUT2D eigenvalue weighted by molar-refractivity contribution is 5.85. The van der Waals surface area contributed by atoms with Gasteiger partial charge in [0, 0.05) is 37.4 Å². The Labute approximate surface area is 124 Å². The Morgan fingerprint density at radius 3 is 2.65 bits per heavy atom. The molecule has 2 heterocycles. The van der Waals surface area contributed by atoms with E-state index < -0.39 is 0 Å². The van der Waals surface area contributed by atoms with Crippen LogP contribution in [0.4, 0.5) is 4.39 Å². The average Bonchev–Trinajstić information content (AvgIpc) is 2.97. The van der Waals surface area contributed by atoms with E-state index in [1.165, 1.54) is 4.68 Å². The van der Waals surface area contributed by atoms with E-state index >= 15 is 0 Å². The van der Waals surface area contributed by atoms with E-state index in [-0.39, 0.29) is 18.4 Å². The smallest absolute Gasteiger partial charge is 0.215 e. The van der Waals surface area contributed by atoms with Crippen molar-refractivity contribution in [3.63, 3.8) is 0 Å². The van der Waals surface area contributed by atoms with Crippen LogP contribution < -0.4 is 5.32 Å². The molecule has 2 aromatic rings. The first-order chi connectivity index (χ1) is 9.13. The number of aromatic nitrogens is 4. The van der Waals surface area contributed by atoms with Gasteiger partial charge in [-0.05, 0) is 26.8 Å². The van der Waals surface area contributed by atoms with Crippen molar-refractivity contribution < 1.29 is 4.39 Å². The molecule has 2 rings (SSSR count). The van der Waals surface area contributed by atoms with Crippen LogP contribution in [-0.4, -0.2) is 19.6 Å². The molecule has 0 fully saturated rings. The second-order valence-electron chi connectivity index (χ2n) is 4.74. The summed E-state index contributed by atoms with van der Waals surface area (Å²) < 4.78 is 17.1. The Morgan fingerprint density at radius 1 is 1.30 bits per heavy atom. The van der Waals surface area contributed by atoms with E-state index in [1.807, 2.05) is 17.7 Å². The zero-order valence-electron chi connectivity index (χ0n) is 12.0. The summed E-state index contributed by atoms with van der Waals surface area (Å²) in [5, 5.41) is 11.5. The number of nitrogens with one attached hydrogen (secondary N) is 1. The zero-order chi connectivity index (χ0) is 13.8. The largest absolute Gasteiger partial charge is 0.307 e. The molecule has 5 nitrogen and oxygen atoms in total. The Kier molecular flexibility index (Phi) is 6.16. The van der Waals surface area contributed by atoms with Gasteiger partial charge in [-0.1, -0.05) is 0 Å². The summed E-state index contributed by atoms with van der Waals surface area (Å²) in [4.78, 5) is 0. The number of halogens is 2. The number of rotatable bonds is 6. The summed E-state index contributed by atoms with van der Waals surface area (Å²) in [6.07, 6.45) is 3.36. The van der Waals surface area contributed by atoms with Gasteiger partial charge in [-0.25, -0.2) is 4.68 Å². The van der Waals surface area contributed by atoms with E-state index in [0.717, 1.165) is 5.69 Å². The normalized spacial score (nSPS) is 10.8. The molecular formula is C13H21ClFN5. The molecule has 0 unspecified atom stereocenters. The third kappa shape index (κ3) is 3.58. The molecule has 0 aliphatic rings. The molecule has 0 aromatic carbocycles. The predicted octanol–water partition coefficient (Wildman–Crippen LogP) is 2.53. The summed E-state index contributed by atoms with van der Waals surface area (Å²) in [7, 11) is 0. The molecule has 0 radical (unpaired) electrons. The quantitative estimate of drug-likeness (QED) is 0.892. The first kappa shape index (κ1) is 16.7. The van der Waals surface area contributed by atoms with Crippen molar-refractivity contribution in [1.82, 2.24) is 24.9 Å². The van der Waals surface area contributed by atoms with Crippen LogP contribution in [0.1, 0.15) is 38.1 Å². The highest BCUT2D eigenvalue weighted by Gasteiger charge is 2.09. The lowest BCUT2D eigenvalue weighted by molar-refractivity contribution is 0.457. The average molecular weight is 302 g/mol. The highest BCUT2D eigenvalue weighted by Crippen LogP contribution is 2.09. The van der Waals surface area contributed by atoms with Crippen LogP contribution in [0.25, 0.3) is 0 Å². The van der Waals surface area contributed by atoms with Crippen LogP contribution in [-0.2, 0) is 19.6 Å². The molecule has 0 bridgehead atoms. The number of aryl methyl sites for hydroxylation is 1. The van der Waals surface area contributed by atoms with Crippen molar-refractivity contribution in [2.45, 2.75) is 46.4 Å². The van der Waals surface area contributed by atoms with Gasteiger partial charge >= 0.3 is 0 Å². The fraction of sp³-hybridized carbons (Fsp3) is 0.538. The van der Waals surface area contributed by atoms with Gasteiger partial charge in [0.25, 0.3) is 0 Å². The lowest BCUT2D eigenvalue weighted by atomic mass is 10.3. The van der Waals surface area contributed by atoms with E-state index in [0.29, 0.717) is 31.2 Å². The molecule has 0 atom stereocenters. The molecule has 112 valence electrons. The molecule has 2 aromatic heterocycles. The topological polar surface area (TPSA) is 47.7 Å². The molecule has 0 amide bonds. The third-order valence-corrected chi connectivity index (χ3v) is 3.01. The maximum absolute atomic E-state index is 13.7. The number of hydrogen-bond acceptors (Lipinski definition) is 3. The van der Waals surface area contributed by atoms with Crippen molar-refractivity contribution in [3.8, 4) is 0 Å². The lowest BCUT2D eigenvalue weighted by Gasteiger charge is -2.11. The van der Waals surface area contributed by atoms with Gasteiger partial charge in [-0.15, -0.1) is 12.4 Å². The van der Waals surface area contributed by atoms with Crippen molar-refractivity contribution in [2.75, 3.05) is 0 Å². The number of nitrogens with zero attached hydrogens (tertiary/aromatic N) is 4. The van der Waals surface area contributed by atoms with Gasteiger partial charge in [0.1, 0.15) is 0 Å². The molecule has 0 saturated heterocycles. The maximum Gasteiger partial charge on any atom is 0.215 e. The van der Waals surface area contributed by atoms with Crippen LogP contribution in [0.3, 0.4) is 0 Å². The third-order valence-electron chi connectivity index (χ3n) is 3.01.